The fourth-order valence-electron chi connectivity index (χ4n) is 2.25. The molecule has 118 valence electrons. The number of benzene rings is 1. The molecule has 0 aliphatic carbocycles. The second kappa shape index (κ2) is 8.68. The summed E-state index contributed by atoms with van der Waals surface area (Å²) in [6.45, 7) is 3.89. The maximum atomic E-state index is 13.7. The molecule has 0 saturated carbocycles. The third-order valence-electron chi connectivity index (χ3n) is 3.36. The third-order valence-corrected chi connectivity index (χ3v) is 4.11. The van der Waals surface area contributed by atoms with Crippen molar-refractivity contribution in [3.8, 4) is 0 Å². The highest BCUT2D eigenvalue weighted by Gasteiger charge is 2.18. The molecule has 0 spiro atoms. The van der Waals surface area contributed by atoms with Crippen molar-refractivity contribution in [3.05, 3.63) is 34.1 Å². The van der Waals surface area contributed by atoms with Gasteiger partial charge in [-0.05, 0) is 19.2 Å². The average molecular weight is 381 g/mol. The first-order valence-corrected chi connectivity index (χ1v) is 7.47. The zero-order valence-electron chi connectivity index (χ0n) is 11.9. The molecular weight excluding hydrogens is 361 g/mol. The number of carbonyl (C=O) groups is 1. The molecule has 1 aliphatic rings. The SMILES string of the molecule is CN(CC(=O)N1CCNCC1)Cc1c(F)cccc1Br.Cl. The van der Waals surface area contributed by atoms with E-state index in [2.05, 4.69) is 21.2 Å². The molecule has 1 aliphatic heterocycles. The number of halogens is 3. The smallest absolute Gasteiger partial charge is 0.236 e. The van der Waals surface area contributed by atoms with Crippen LogP contribution in [0.15, 0.2) is 22.7 Å². The lowest BCUT2D eigenvalue weighted by Crippen LogP contribution is -2.49. The van der Waals surface area contributed by atoms with Crippen LogP contribution in [0.4, 0.5) is 4.39 Å². The van der Waals surface area contributed by atoms with Gasteiger partial charge in [-0.25, -0.2) is 4.39 Å². The molecule has 1 saturated heterocycles. The number of hydrogen-bond donors (Lipinski definition) is 1. The van der Waals surface area contributed by atoms with Crippen LogP contribution in [-0.2, 0) is 11.3 Å². The normalized spacial score (nSPS) is 15.0. The van der Waals surface area contributed by atoms with Crippen LogP contribution >= 0.6 is 28.3 Å². The molecule has 0 aromatic heterocycles. The second-order valence-electron chi connectivity index (χ2n) is 5.00. The van der Waals surface area contributed by atoms with Gasteiger partial charge in [-0.2, -0.15) is 0 Å². The molecule has 7 heteroatoms. The molecule has 1 heterocycles. The van der Waals surface area contributed by atoms with E-state index >= 15 is 0 Å². The minimum Gasteiger partial charge on any atom is -0.339 e. The summed E-state index contributed by atoms with van der Waals surface area (Å²) < 4.78 is 14.5. The first kappa shape index (κ1) is 18.4. The lowest BCUT2D eigenvalue weighted by molar-refractivity contribution is -0.132. The number of piperazine rings is 1. The van der Waals surface area contributed by atoms with Crippen molar-refractivity contribution in [1.29, 1.82) is 0 Å². The first-order valence-electron chi connectivity index (χ1n) is 6.68. The van der Waals surface area contributed by atoms with Crippen LogP contribution in [0.2, 0.25) is 0 Å². The highest BCUT2D eigenvalue weighted by Crippen LogP contribution is 2.20. The lowest BCUT2D eigenvalue weighted by atomic mass is 10.2. The Morgan fingerprint density at radius 3 is 2.71 bits per heavy atom. The van der Waals surface area contributed by atoms with Crippen LogP contribution in [-0.4, -0.2) is 55.5 Å². The topological polar surface area (TPSA) is 35.6 Å². The summed E-state index contributed by atoms with van der Waals surface area (Å²) in [6, 6.07) is 4.91. The number of amides is 1. The Morgan fingerprint density at radius 2 is 2.10 bits per heavy atom. The monoisotopic (exact) mass is 379 g/mol. The Hall–Kier alpha value is -0.690. The van der Waals surface area contributed by atoms with Crippen LogP contribution in [0.3, 0.4) is 0 Å². The van der Waals surface area contributed by atoms with Gasteiger partial charge in [-0.3, -0.25) is 9.69 Å². The molecule has 0 unspecified atom stereocenters. The second-order valence-corrected chi connectivity index (χ2v) is 5.86. The quantitative estimate of drug-likeness (QED) is 0.866. The van der Waals surface area contributed by atoms with E-state index in [9.17, 15) is 9.18 Å². The molecule has 1 aromatic rings. The molecule has 1 aromatic carbocycles. The molecule has 21 heavy (non-hydrogen) atoms. The van der Waals surface area contributed by atoms with Gasteiger partial charge in [0.2, 0.25) is 5.91 Å². The Balaban J connectivity index is 0.00000220. The van der Waals surface area contributed by atoms with E-state index in [0.717, 1.165) is 30.7 Å². The van der Waals surface area contributed by atoms with E-state index in [4.69, 9.17) is 0 Å². The van der Waals surface area contributed by atoms with Crippen molar-refractivity contribution in [2.75, 3.05) is 39.8 Å². The number of rotatable bonds is 4. The van der Waals surface area contributed by atoms with E-state index < -0.39 is 0 Å². The molecule has 2 rings (SSSR count). The van der Waals surface area contributed by atoms with Gasteiger partial charge in [0.1, 0.15) is 5.82 Å². The maximum absolute atomic E-state index is 13.7. The maximum Gasteiger partial charge on any atom is 0.236 e. The highest BCUT2D eigenvalue weighted by molar-refractivity contribution is 9.10. The molecular formula is C14H20BrClFN3O. The first-order chi connectivity index (χ1) is 9.58. The van der Waals surface area contributed by atoms with E-state index in [1.807, 2.05) is 22.9 Å². The Bertz CT molecular complexity index is 463. The fraction of sp³-hybridized carbons (Fsp3) is 0.500. The summed E-state index contributed by atoms with van der Waals surface area (Å²) in [4.78, 5) is 15.8. The van der Waals surface area contributed by atoms with Crippen LogP contribution in [0.5, 0.6) is 0 Å². The van der Waals surface area contributed by atoms with Crippen LogP contribution in [0.25, 0.3) is 0 Å². The summed E-state index contributed by atoms with van der Waals surface area (Å²) >= 11 is 3.35. The Labute approximate surface area is 139 Å². The van der Waals surface area contributed by atoms with Crippen molar-refractivity contribution in [2.45, 2.75) is 6.54 Å². The summed E-state index contributed by atoms with van der Waals surface area (Å²) in [5.41, 5.74) is 0.586. The van der Waals surface area contributed by atoms with Crippen molar-refractivity contribution >= 4 is 34.2 Å². The number of carbonyl (C=O) groups excluding carboxylic acids is 1. The van der Waals surface area contributed by atoms with Crippen molar-refractivity contribution in [3.63, 3.8) is 0 Å². The van der Waals surface area contributed by atoms with Crippen molar-refractivity contribution < 1.29 is 9.18 Å². The summed E-state index contributed by atoms with van der Waals surface area (Å²) in [5.74, 6) is -0.151. The predicted octanol–water partition coefficient (Wildman–Crippen LogP) is 1.87. The average Bonchev–Trinajstić information content (AvgIpc) is 2.44. The lowest BCUT2D eigenvalue weighted by Gasteiger charge is -2.29. The number of likely N-dealkylation sites (N-methyl/N-ethyl adjacent to an activating group) is 1. The zero-order valence-corrected chi connectivity index (χ0v) is 14.3. The molecule has 1 N–H and O–H groups in total. The van der Waals surface area contributed by atoms with E-state index in [1.165, 1.54) is 6.07 Å². The Kier molecular flexibility index (Phi) is 7.59. The minimum absolute atomic E-state index is 0. The van der Waals surface area contributed by atoms with Gasteiger partial charge >= 0.3 is 0 Å². The molecule has 0 radical (unpaired) electrons. The number of nitrogens with one attached hydrogen (secondary N) is 1. The molecule has 0 atom stereocenters. The van der Waals surface area contributed by atoms with E-state index in [0.29, 0.717) is 18.7 Å². The number of hydrogen-bond acceptors (Lipinski definition) is 3. The molecule has 1 amide bonds. The Morgan fingerprint density at radius 1 is 1.43 bits per heavy atom. The zero-order chi connectivity index (χ0) is 14.5. The van der Waals surface area contributed by atoms with Gasteiger partial charge in [0.25, 0.3) is 0 Å². The van der Waals surface area contributed by atoms with Crippen LogP contribution in [0.1, 0.15) is 5.56 Å². The third kappa shape index (κ3) is 5.21. The standard InChI is InChI=1S/C14H19BrFN3O.ClH/c1-18(9-11-12(15)3-2-4-13(11)16)10-14(20)19-7-5-17-6-8-19;/h2-4,17H,5-10H2,1H3;1H. The van der Waals surface area contributed by atoms with E-state index in [-0.39, 0.29) is 24.1 Å². The molecule has 1 fully saturated rings. The van der Waals surface area contributed by atoms with Gasteiger partial charge in [0, 0.05) is 42.8 Å². The molecule has 4 nitrogen and oxygen atoms in total. The molecule has 0 bridgehead atoms. The number of nitrogens with zero attached hydrogens (tertiary/aromatic N) is 2. The van der Waals surface area contributed by atoms with Crippen LogP contribution in [0, 0.1) is 5.82 Å². The van der Waals surface area contributed by atoms with Crippen molar-refractivity contribution in [2.24, 2.45) is 0 Å². The fourth-order valence-corrected chi connectivity index (χ4v) is 2.72. The van der Waals surface area contributed by atoms with Crippen molar-refractivity contribution in [1.82, 2.24) is 15.1 Å². The van der Waals surface area contributed by atoms with E-state index in [1.54, 1.807) is 6.07 Å². The predicted molar refractivity (Wildman–Crippen MR) is 87.1 cm³/mol. The van der Waals surface area contributed by atoms with Crippen LogP contribution < -0.4 is 5.32 Å². The van der Waals surface area contributed by atoms with Gasteiger partial charge < -0.3 is 10.2 Å². The summed E-state index contributed by atoms with van der Waals surface area (Å²) in [7, 11) is 1.83. The minimum atomic E-state index is -0.249. The van der Waals surface area contributed by atoms with Gasteiger partial charge in [0.05, 0.1) is 6.54 Å². The highest BCUT2D eigenvalue weighted by atomic mass is 79.9. The van der Waals surface area contributed by atoms with Gasteiger partial charge in [-0.1, -0.05) is 22.0 Å². The van der Waals surface area contributed by atoms with Gasteiger partial charge in [0.15, 0.2) is 0 Å². The summed E-state index contributed by atoms with van der Waals surface area (Å²) in [5, 5.41) is 3.21. The largest absolute Gasteiger partial charge is 0.339 e. The summed E-state index contributed by atoms with van der Waals surface area (Å²) in [6.07, 6.45) is 0. The van der Waals surface area contributed by atoms with Gasteiger partial charge in [-0.15, -0.1) is 12.4 Å².